The highest BCUT2D eigenvalue weighted by Crippen LogP contribution is 2.30. The van der Waals surface area contributed by atoms with Gasteiger partial charge in [-0.15, -0.1) is 0 Å². The fourth-order valence-electron chi connectivity index (χ4n) is 2.57. The number of halogens is 2. The van der Waals surface area contributed by atoms with E-state index in [1.807, 2.05) is 0 Å². The third-order valence-electron chi connectivity index (χ3n) is 4.04. The van der Waals surface area contributed by atoms with Crippen molar-refractivity contribution in [3.8, 4) is 11.4 Å². The van der Waals surface area contributed by atoms with Crippen LogP contribution < -0.4 is 26.8 Å². The molecule has 34 heavy (non-hydrogen) atoms. The zero-order valence-corrected chi connectivity index (χ0v) is 18.8. The van der Waals surface area contributed by atoms with Crippen molar-refractivity contribution in [3.05, 3.63) is 40.4 Å². The number of carbonyl (C=O) groups excluding carboxylic acids is 1. The standard InChI is InChI=1S/C19H23F2N9O4/c1-19(2,3)34-17(31)23-5-6-33-14-7-10(20)12(25-16-24-9-11(21)15(22)26-16)8-13(14)30-18(32)29(4)27-28-30/h7-9H,5-6H2,1-4H3,(H,23,31)(H3,22,24,25,26). The quantitative estimate of drug-likeness (QED) is 0.420. The van der Waals surface area contributed by atoms with Crippen LogP contribution in [0.4, 0.5) is 31.0 Å². The van der Waals surface area contributed by atoms with Gasteiger partial charge in [0.15, 0.2) is 17.5 Å². The van der Waals surface area contributed by atoms with E-state index in [2.05, 4.69) is 31.0 Å². The van der Waals surface area contributed by atoms with Gasteiger partial charge in [-0.3, -0.25) is 0 Å². The molecule has 2 heterocycles. The zero-order chi connectivity index (χ0) is 25.0. The number of tetrazole rings is 1. The third kappa shape index (κ3) is 5.93. The molecule has 4 N–H and O–H groups in total. The SMILES string of the molecule is Cn1nnn(-c2cc(Nc3ncc(F)c(N)n3)c(F)cc2OCCNC(=O)OC(C)(C)C)c1=O. The molecule has 0 unspecified atom stereocenters. The predicted octanol–water partition coefficient (Wildman–Crippen LogP) is 1.26. The number of nitrogens with one attached hydrogen (secondary N) is 2. The molecule has 0 spiro atoms. The minimum absolute atomic E-state index is 0.0358. The Bertz CT molecular complexity index is 1250. The number of amides is 1. The molecule has 1 aromatic carbocycles. The Labute approximate surface area is 191 Å². The van der Waals surface area contributed by atoms with Crippen LogP contribution in [0.1, 0.15) is 20.8 Å². The van der Waals surface area contributed by atoms with Gasteiger partial charge in [0.2, 0.25) is 5.95 Å². The highest BCUT2D eigenvalue weighted by molar-refractivity contribution is 5.67. The number of nitrogens with zero attached hydrogens (tertiary/aromatic N) is 6. The second-order valence-electron chi connectivity index (χ2n) is 7.93. The van der Waals surface area contributed by atoms with Gasteiger partial charge in [-0.25, -0.2) is 23.4 Å². The van der Waals surface area contributed by atoms with Crippen LogP contribution >= 0.6 is 0 Å². The summed E-state index contributed by atoms with van der Waals surface area (Å²) in [6.07, 6.45) is 0.178. The van der Waals surface area contributed by atoms with E-state index in [9.17, 15) is 18.4 Å². The van der Waals surface area contributed by atoms with Crippen molar-refractivity contribution in [1.82, 2.24) is 35.1 Å². The average Bonchev–Trinajstić information content (AvgIpc) is 3.07. The number of aromatic nitrogens is 6. The van der Waals surface area contributed by atoms with Crippen LogP contribution in [0.3, 0.4) is 0 Å². The monoisotopic (exact) mass is 479 g/mol. The number of hydrogen-bond donors (Lipinski definition) is 3. The van der Waals surface area contributed by atoms with Gasteiger partial charge in [-0.2, -0.15) is 14.3 Å². The van der Waals surface area contributed by atoms with Crippen LogP contribution in [0.15, 0.2) is 23.1 Å². The summed E-state index contributed by atoms with van der Waals surface area (Å²) >= 11 is 0. The summed E-state index contributed by atoms with van der Waals surface area (Å²) in [6, 6.07) is 2.21. The lowest BCUT2D eigenvalue weighted by atomic mass is 10.2. The first-order valence-corrected chi connectivity index (χ1v) is 9.92. The smallest absolute Gasteiger partial charge is 0.407 e. The van der Waals surface area contributed by atoms with E-state index in [0.29, 0.717) is 0 Å². The summed E-state index contributed by atoms with van der Waals surface area (Å²) in [6.45, 7) is 5.12. The second kappa shape index (κ2) is 9.68. The fraction of sp³-hybridized carbons (Fsp3) is 0.368. The summed E-state index contributed by atoms with van der Waals surface area (Å²) in [5, 5.41) is 12.4. The number of aryl methyl sites for hydroxylation is 1. The van der Waals surface area contributed by atoms with E-state index in [1.165, 1.54) is 13.1 Å². The lowest BCUT2D eigenvalue weighted by Crippen LogP contribution is -2.34. The van der Waals surface area contributed by atoms with Gasteiger partial charge in [0.25, 0.3) is 0 Å². The number of rotatable bonds is 7. The average molecular weight is 479 g/mol. The molecule has 0 aliphatic carbocycles. The number of ether oxygens (including phenoxy) is 2. The van der Waals surface area contributed by atoms with Crippen molar-refractivity contribution in [2.45, 2.75) is 26.4 Å². The fourth-order valence-corrected chi connectivity index (χ4v) is 2.57. The van der Waals surface area contributed by atoms with E-state index in [0.717, 1.165) is 21.6 Å². The molecule has 1 amide bonds. The molecule has 0 saturated carbocycles. The van der Waals surface area contributed by atoms with Crippen LogP contribution in [0, 0.1) is 11.6 Å². The summed E-state index contributed by atoms with van der Waals surface area (Å²) < 4.78 is 40.7. The largest absolute Gasteiger partial charge is 0.489 e. The predicted molar refractivity (Wildman–Crippen MR) is 116 cm³/mol. The molecule has 3 aromatic rings. The molecule has 0 aliphatic heterocycles. The molecular weight excluding hydrogens is 456 g/mol. The van der Waals surface area contributed by atoms with Crippen molar-refractivity contribution in [1.29, 1.82) is 0 Å². The van der Waals surface area contributed by atoms with Gasteiger partial charge < -0.3 is 25.8 Å². The summed E-state index contributed by atoms with van der Waals surface area (Å²) in [7, 11) is 1.38. The summed E-state index contributed by atoms with van der Waals surface area (Å²) in [5.41, 5.74) is 3.99. The van der Waals surface area contributed by atoms with Gasteiger partial charge in [0.1, 0.15) is 23.6 Å². The molecule has 0 bridgehead atoms. The molecule has 13 nitrogen and oxygen atoms in total. The van der Waals surface area contributed by atoms with Gasteiger partial charge in [-0.05, 0) is 37.3 Å². The maximum atomic E-state index is 14.8. The van der Waals surface area contributed by atoms with Crippen LogP contribution in [0.25, 0.3) is 5.69 Å². The molecule has 182 valence electrons. The van der Waals surface area contributed by atoms with E-state index < -0.39 is 34.8 Å². The minimum Gasteiger partial charge on any atom is -0.489 e. The Morgan fingerprint density at radius 3 is 2.56 bits per heavy atom. The Balaban J connectivity index is 1.84. The van der Waals surface area contributed by atoms with E-state index >= 15 is 0 Å². The Morgan fingerprint density at radius 1 is 1.21 bits per heavy atom. The number of nitrogen functional groups attached to an aromatic ring is 1. The van der Waals surface area contributed by atoms with Crippen molar-refractivity contribution in [3.63, 3.8) is 0 Å². The van der Waals surface area contributed by atoms with E-state index in [-0.39, 0.29) is 36.2 Å². The van der Waals surface area contributed by atoms with Crippen LogP contribution in [0.2, 0.25) is 0 Å². The molecule has 0 saturated heterocycles. The van der Waals surface area contributed by atoms with Crippen molar-refractivity contribution in [2.24, 2.45) is 7.05 Å². The Hall–Kier alpha value is -4.30. The van der Waals surface area contributed by atoms with Crippen molar-refractivity contribution in [2.75, 3.05) is 24.2 Å². The number of alkyl carbamates (subject to hydrolysis) is 1. The van der Waals surface area contributed by atoms with Crippen molar-refractivity contribution < 1.29 is 23.0 Å². The van der Waals surface area contributed by atoms with E-state index in [1.54, 1.807) is 20.8 Å². The highest BCUT2D eigenvalue weighted by Gasteiger charge is 2.19. The maximum absolute atomic E-state index is 14.8. The van der Waals surface area contributed by atoms with Gasteiger partial charge in [-0.1, -0.05) is 0 Å². The molecule has 0 aliphatic rings. The van der Waals surface area contributed by atoms with Crippen LogP contribution in [0.5, 0.6) is 5.75 Å². The first-order valence-electron chi connectivity index (χ1n) is 9.92. The molecule has 2 aromatic heterocycles. The maximum Gasteiger partial charge on any atom is 0.407 e. The summed E-state index contributed by atoms with van der Waals surface area (Å²) in [4.78, 5) is 31.5. The highest BCUT2D eigenvalue weighted by atomic mass is 19.1. The number of benzene rings is 1. The topological polar surface area (TPSA) is 164 Å². The van der Waals surface area contributed by atoms with Gasteiger partial charge >= 0.3 is 11.8 Å². The normalized spacial score (nSPS) is 11.2. The number of nitrogens with two attached hydrogens (primary N) is 1. The lowest BCUT2D eigenvalue weighted by Gasteiger charge is -2.19. The van der Waals surface area contributed by atoms with Gasteiger partial charge in [0, 0.05) is 13.1 Å². The lowest BCUT2D eigenvalue weighted by molar-refractivity contribution is 0.0520. The Morgan fingerprint density at radius 2 is 1.94 bits per heavy atom. The minimum atomic E-state index is -0.832. The van der Waals surface area contributed by atoms with E-state index in [4.69, 9.17) is 15.2 Å². The molecule has 3 rings (SSSR count). The number of anilines is 3. The van der Waals surface area contributed by atoms with Crippen molar-refractivity contribution >= 4 is 23.5 Å². The molecule has 0 fully saturated rings. The first kappa shape index (κ1) is 24.3. The second-order valence-corrected chi connectivity index (χ2v) is 7.93. The molecule has 0 atom stereocenters. The molecule has 15 heteroatoms. The number of hydrogen-bond acceptors (Lipinski definition) is 10. The van der Waals surface area contributed by atoms with Crippen LogP contribution in [-0.2, 0) is 11.8 Å². The number of carbonyl (C=O) groups is 1. The first-order chi connectivity index (χ1) is 15.9. The zero-order valence-electron chi connectivity index (χ0n) is 18.8. The Kier molecular flexibility index (Phi) is 6.93. The van der Waals surface area contributed by atoms with Crippen LogP contribution in [-0.4, -0.2) is 54.6 Å². The molecular formula is C19H23F2N9O4. The molecule has 0 radical (unpaired) electrons. The van der Waals surface area contributed by atoms with Gasteiger partial charge in [0.05, 0.1) is 18.4 Å². The third-order valence-corrected chi connectivity index (χ3v) is 4.04. The summed E-state index contributed by atoms with van der Waals surface area (Å²) in [5.74, 6) is -2.30.